The van der Waals surface area contributed by atoms with Crippen molar-refractivity contribution in [2.45, 2.75) is 0 Å². The van der Waals surface area contributed by atoms with Crippen LogP contribution in [-0.4, -0.2) is 0 Å². The first kappa shape index (κ1) is 41.8. The fraction of sp³-hybridized carbons (Fsp3) is 0. The zero-order valence-corrected chi connectivity index (χ0v) is 31.7. The number of rotatable bonds is 6. The summed E-state index contributed by atoms with van der Waals surface area (Å²) in [6.45, 7) is 13.5. The molecule has 0 spiro atoms. The second kappa shape index (κ2) is 23.1. The van der Waals surface area contributed by atoms with Crippen LogP contribution in [0.4, 0.5) is 0 Å². The van der Waals surface area contributed by atoms with Crippen molar-refractivity contribution in [3.05, 3.63) is 202 Å². The molecule has 0 aliphatic rings. The van der Waals surface area contributed by atoms with E-state index in [0.717, 1.165) is 0 Å². The van der Waals surface area contributed by atoms with Crippen molar-refractivity contribution < 1.29 is 26.9 Å². The third kappa shape index (κ3) is 10.8. The van der Waals surface area contributed by atoms with E-state index in [1.54, 1.807) is 0 Å². The van der Waals surface area contributed by atoms with Gasteiger partial charge in [-0.25, -0.2) is 0 Å². The SMILES string of the molecule is [C-]#[O+].[C-]#[O+].[C-]#[O+].[Cl][Ru-]([Cl])[Cl].c1ccc(P(=[N+]=P(c2ccccc2)(c2ccccc2)c2ccccc2)(c2ccccc2)c2ccccc2)cc1. The van der Waals surface area contributed by atoms with Gasteiger partial charge in [-0.3, -0.25) is 0 Å². The van der Waals surface area contributed by atoms with Crippen molar-refractivity contribution in [1.82, 2.24) is 4.17 Å². The van der Waals surface area contributed by atoms with Gasteiger partial charge < -0.3 is 0 Å². The molecule has 6 aromatic rings. The predicted octanol–water partition coefficient (Wildman–Crippen LogP) is 8.36. The van der Waals surface area contributed by atoms with Crippen LogP contribution in [0.15, 0.2) is 182 Å². The predicted molar refractivity (Wildman–Crippen MR) is 202 cm³/mol. The summed E-state index contributed by atoms with van der Waals surface area (Å²) < 4.78 is 28.9. The molecule has 0 radical (unpaired) electrons. The van der Waals surface area contributed by atoms with Crippen LogP contribution < -0.4 is 36.0 Å². The van der Waals surface area contributed by atoms with E-state index in [4.69, 9.17) is 47.2 Å². The molecular formula is C39H30Cl3NO3P2Ru. The van der Waals surface area contributed by atoms with Crippen LogP contribution in [0.25, 0.3) is 0 Å². The van der Waals surface area contributed by atoms with E-state index in [9.17, 15) is 0 Å². The summed E-state index contributed by atoms with van der Waals surface area (Å²) in [7, 11) is 9.85. The van der Waals surface area contributed by atoms with E-state index in [-0.39, 0.29) is 0 Å². The number of benzene rings is 6. The van der Waals surface area contributed by atoms with E-state index in [0.29, 0.717) is 0 Å². The van der Waals surface area contributed by atoms with Gasteiger partial charge in [-0.15, -0.1) is 4.17 Å². The summed E-state index contributed by atoms with van der Waals surface area (Å²) in [6, 6.07) is 65.7. The third-order valence-electron chi connectivity index (χ3n) is 7.05. The van der Waals surface area contributed by atoms with E-state index < -0.39 is 27.1 Å². The van der Waals surface area contributed by atoms with E-state index >= 15 is 0 Å². The van der Waals surface area contributed by atoms with Crippen LogP contribution in [0.5, 0.6) is 0 Å². The molecule has 0 aromatic heterocycles. The summed E-state index contributed by atoms with van der Waals surface area (Å²) in [5.41, 5.74) is 0. The van der Waals surface area contributed by atoms with Crippen molar-refractivity contribution >= 4 is 75.0 Å². The molecular weight excluding hydrogens is 800 g/mol. The molecule has 0 fully saturated rings. The summed E-state index contributed by atoms with van der Waals surface area (Å²) in [5.74, 6) is 0. The van der Waals surface area contributed by atoms with Gasteiger partial charge in [-0.1, -0.05) is 109 Å². The maximum atomic E-state index is 7.50. The van der Waals surface area contributed by atoms with Gasteiger partial charge in [0.2, 0.25) is 0 Å². The Morgan fingerprint density at radius 3 is 0.571 bits per heavy atom. The Hall–Kier alpha value is -3.40. The average Bonchev–Trinajstić information content (AvgIpc) is 3.20. The first-order valence-corrected chi connectivity index (χ1v) is 24.4. The monoisotopic (exact) mass is 829 g/mol. The van der Waals surface area contributed by atoms with Crippen LogP contribution in [-0.2, 0) is 26.9 Å². The Bertz CT molecular complexity index is 1640. The number of nitrogens with zero attached hydrogens (tertiary/aromatic N) is 1. The van der Waals surface area contributed by atoms with E-state index in [1.807, 2.05) is 0 Å². The standard InChI is InChI=1S/C36H30NP2.3CO.3ClH.Ru/c1-7-19-31(20-8-1)38(32-21-9-2-10-22-32,33-23-11-3-12-24-33)37-39(34-25-13-4-14-26-34,35-27-15-5-16-28-35)36-29-17-6-18-30-36;3*1-2;;;;/h1-30H;;;;3*1H;/q+1;;;;;;;+2/p-3. The molecule has 0 unspecified atom stereocenters. The topological polar surface area (TPSA) is 73.8 Å². The summed E-state index contributed by atoms with van der Waals surface area (Å²) >= 11 is -1.75. The molecule has 49 heavy (non-hydrogen) atoms. The van der Waals surface area contributed by atoms with Crippen molar-refractivity contribution in [3.63, 3.8) is 0 Å². The number of halogens is 3. The van der Waals surface area contributed by atoms with E-state index in [2.05, 4.69) is 202 Å². The van der Waals surface area contributed by atoms with Crippen LogP contribution in [0.3, 0.4) is 0 Å². The quantitative estimate of drug-likeness (QED) is 0.0533. The Morgan fingerprint density at radius 1 is 0.327 bits per heavy atom. The molecule has 4 nitrogen and oxygen atoms in total. The van der Waals surface area contributed by atoms with Gasteiger partial charge in [0.1, 0.15) is 0 Å². The molecule has 6 rings (SSSR count). The summed E-state index contributed by atoms with van der Waals surface area (Å²) in [4.78, 5) is 0. The number of hydrogen-bond acceptors (Lipinski definition) is 0. The molecule has 0 aliphatic carbocycles. The normalized spacial score (nSPS) is 10.2. The molecule has 0 heterocycles. The van der Waals surface area contributed by atoms with Crippen LogP contribution in [0.2, 0.25) is 0 Å². The van der Waals surface area contributed by atoms with Crippen molar-refractivity contribution in [1.29, 1.82) is 0 Å². The molecule has 0 saturated carbocycles. The minimum Gasteiger partial charge on any atom is -0.148 e. The number of hydrogen-bond donors (Lipinski definition) is 0. The fourth-order valence-corrected chi connectivity index (χ4v) is 14.8. The molecule has 248 valence electrons. The smallest absolute Gasteiger partial charge is 0.148 e. The molecule has 0 aliphatic heterocycles. The van der Waals surface area contributed by atoms with Crippen molar-refractivity contribution in [2.75, 3.05) is 0 Å². The Balaban J connectivity index is 0.000000755. The van der Waals surface area contributed by atoms with Crippen molar-refractivity contribution in [3.8, 4) is 0 Å². The molecule has 0 N–H and O–H groups in total. The zero-order valence-electron chi connectivity index (χ0n) is 25.9. The third-order valence-corrected chi connectivity index (χ3v) is 15.5. The zero-order chi connectivity index (χ0) is 36.0. The Morgan fingerprint density at radius 2 is 0.449 bits per heavy atom. The maximum Gasteiger partial charge on any atom is 0.301 e. The van der Waals surface area contributed by atoms with Crippen LogP contribution in [0, 0.1) is 20.0 Å². The fourth-order valence-electron chi connectivity index (χ4n) is 5.27. The first-order chi connectivity index (χ1) is 24.1. The van der Waals surface area contributed by atoms with Crippen LogP contribution in [0.1, 0.15) is 0 Å². The molecule has 0 bridgehead atoms. The van der Waals surface area contributed by atoms with Crippen molar-refractivity contribution in [2.24, 2.45) is 0 Å². The van der Waals surface area contributed by atoms with Gasteiger partial charge in [0.15, 0.2) is 0 Å². The van der Waals surface area contributed by atoms with Gasteiger partial charge in [0.25, 0.3) is 0 Å². The van der Waals surface area contributed by atoms with E-state index in [1.165, 1.54) is 31.8 Å². The van der Waals surface area contributed by atoms with Gasteiger partial charge in [-0.05, 0) is 72.8 Å². The summed E-state index contributed by atoms with van der Waals surface area (Å²) in [5, 5.41) is 7.55. The molecule has 6 aromatic carbocycles. The minimum atomic E-state index is -2.50. The maximum absolute atomic E-state index is 7.50. The molecule has 0 amide bonds. The second-order valence-corrected chi connectivity index (χ2v) is 23.8. The average molecular weight is 830 g/mol. The largest absolute Gasteiger partial charge is 0.301 e. The molecule has 0 saturated heterocycles. The van der Waals surface area contributed by atoms with Gasteiger partial charge in [0.05, 0.1) is 31.8 Å². The van der Waals surface area contributed by atoms with Gasteiger partial charge >= 0.3 is 90.1 Å². The molecule has 0 atom stereocenters. The summed E-state index contributed by atoms with van der Waals surface area (Å²) in [6.07, 6.45) is 0. The first-order valence-electron chi connectivity index (χ1n) is 14.2. The van der Waals surface area contributed by atoms with Crippen LogP contribution >= 0.6 is 43.2 Å². The second-order valence-electron chi connectivity index (χ2n) is 9.53. The minimum absolute atomic E-state index is 1.26. The Labute approximate surface area is 306 Å². The van der Waals surface area contributed by atoms with Gasteiger partial charge in [0, 0.05) is 0 Å². The molecule has 10 heteroatoms. The Kier molecular flexibility index (Phi) is 19.7. The van der Waals surface area contributed by atoms with Gasteiger partial charge in [-0.2, -0.15) is 0 Å².